The van der Waals surface area contributed by atoms with Gasteiger partial charge in [0.15, 0.2) is 5.75 Å². The van der Waals surface area contributed by atoms with E-state index in [0.29, 0.717) is 17.2 Å². The molecule has 2 aliphatic rings. The molecule has 0 aliphatic carbocycles. The molecule has 0 radical (unpaired) electrons. The van der Waals surface area contributed by atoms with Gasteiger partial charge < -0.3 is 19.7 Å². The van der Waals surface area contributed by atoms with Gasteiger partial charge in [-0.05, 0) is 12.1 Å². The monoisotopic (exact) mass is 327 g/mol. The Bertz CT molecular complexity index is 801. The minimum atomic E-state index is -0.333. The third-order valence-corrected chi connectivity index (χ3v) is 4.26. The van der Waals surface area contributed by atoms with Crippen LogP contribution >= 0.6 is 0 Å². The fraction of sp³-hybridized carbons (Fsp3) is 0.278. The van der Waals surface area contributed by atoms with Crippen LogP contribution in [0.2, 0.25) is 0 Å². The van der Waals surface area contributed by atoms with Crippen molar-refractivity contribution in [3.8, 4) is 17.2 Å². The standard InChI is InChI=1S/C18H18FN3O2/c1-23-13-9-16(22-6-4-20-5-7-22)14-11-21-15-8-12(19)2-3-17(15)24-18(14)10-13/h2-3,8-11,20H,4-7H2,1H3. The number of benzene rings is 2. The summed E-state index contributed by atoms with van der Waals surface area (Å²) in [5, 5.41) is 3.35. The zero-order chi connectivity index (χ0) is 16.5. The van der Waals surface area contributed by atoms with E-state index < -0.39 is 0 Å². The molecule has 0 saturated carbocycles. The Kier molecular flexibility index (Phi) is 3.82. The number of nitrogens with zero attached hydrogens (tertiary/aromatic N) is 2. The van der Waals surface area contributed by atoms with Crippen LogP contribution in [0.1, 0.15) is 5.56 Å². The van der Waals surface area contributed by atoms with Gasteiger partial charge in [-0.15, -0.1) is 0 Å². The van der Waals surface area contributed by atoms with Gasteiger partial charge in [0.05, 0.1) is 18.4 Å². The van der Waals surface area contributed by atoms with Gasteiger partial charge in [-0.2, -0.15) is 0 Å². The predicted octanol–water partition coefficient (Wildman–Crippen LogP) is 3.10. The highest BCUT2D eigenvalue weighted by Gasteiger charge is 2.21. The maximum atomic E-state index is 13.5. The van der Waals surface area contributed by atoms with Crippen molar-refractivity contribution in [2.45, 2.75) is 0 Å². The molecule has 0 amide bonds. The lowest BCUT2D eigenvalue weighted by atomic mass is 10.1. The summed E-state index contributed by atoms with van der Waals surface area (Å²) in [7, 11) is 1.64. The van der Waals surface area contributed by atoms with E-state index in [9.17, 15) is 4.39 Å². The number of anilines is 1. The molecule has 0 atom stereocenters. The van der Waals surface area contributed by atoms with E-state index in [0.717, 1.165) is 43.2 Å². The quantitative estimate of drug-likeness (QED) is 0.786. The number of hydrogen-bond donors (Lipinski definition) is 1. The third kappa shape index (κ3) is 2.69. The summed E-state index contributed by atoms with van der Waals surface area (Å²) in [6.45, 7) is 3.65. The summed E-state index contributed by atoms with van der Waals surface area (Å²) in [4.78, 5) is 6.71. The first-order chi connectivity index (χ1) is 11.7. The molecule has 1 saturated heterocycles. The summed E-state index contributed by atoms with van der Waals surface area (Å²) in [6, 6.07) is 8.18. The number of methoxy groups -OCH3 is 1. The van der Waals surface area contributed by atoms with Crippen molar-refractivity contribution in [1.82, 2.24) is 5.32 Å². The lowest BCUT2D eigenvalue weighted by Gasteiger charge is -2.31. The third-order valence-electron chi connectivity index (χ3n) is 4.26. The molecule has 5 nitrogen and oxygen atoms in total. The topological polar surface area (TPSA) is 46.1 Å². The molecule has 0 aromatic heterocycles. The molecule has 2 heterocycles. The van der Waals surface area contributed by atoms with Crippen molar-refractivity contribution in [1.29, 1.82) is 0 Å². The van der Waals surface area contributed by atoms with E-state index >= 15 is 0 Å². The highest BCUT2D eigenvalue weighted by Crippen LogP contribution is 2.41. The zero-order valence-corrected chi connectivity index (χ0v) is 13.4. The number of piperazine rings is 1. The van der Waals surface area contributed by atoms with Crippen molar-refractivity contribution in [3.05, 3.63) is 41.7 Å². The van der Waals surface area contributed by atoms with Gasteiger partial charge in [0.25, 0.3) is 0 Å². The molecule has 4 rings (SSSR count). The Morgan fingerprint density at radius 2 is 2.00 bits per heavy atom. The SMILES string of the molecule is COc1cc2c(c(N3CCNCC3)c1)C=Nc1cc(F)ccc1O2. The molecule has 6 heteroatoms. The Labute approximate surface area is 139 Å². The van der Waals surface area contributed by atoms with E-state index in [1.54, 1.807) is 19.4 Å². The first kappa shape index (κ1) is 15.0. The smallest absolute Gasteiger partial charge is 0.153 e. The number of nitrogens with one attached hydrogen (secondary N) is 1. The molecule has 0 unspecified atom stereocenters. The first-order valence-corrected chi connectivity index (χ1v) is 7.94. The maximum absolute atomic E-state index is 13.5. The molecule has 1 N–H and O–H groups in total. The highest BCUT2D eigenvalue weighted by atomic mass is 19.1. The van der Waals surface area contributed by atoms with Gasteiger partial charge in [0, 0.05) is 50.6 Å². The minimum Gasteiger partial charge on any atom is -0.497 e. The second-order valence-corrected chi connectivity index (χ2v) is 5.77. The fourth-order valence-corrected chi connectivity index (χ4v) is 3.02. The van der Waals surface area contributed by atoms with Crippen LogP contribution in [0.25, 0.3) is 0 Å². The number of ether oxygens (including phenoxy) is 2. The second kappa shape index (κ2) is 6.13. The predicted molar refractivity (Wildman–Crippen MR) is 91.8 cm³/mol. The molecule has 2 aliphatic heterocycles. The van der Waals surface area contributed by atoms with E-state index in [4.69, 9.17) is 9.47 Å². The number of halogens is 1. The van der Waals surface area contributed by atoms with Gasteiger partial charge in [-0.1, -0.05) is 0 Å². The van der Waals surface area contributed by atoms with Crippen LogP contribution in [0.5, 0.6) is 17.2 Å². The van der Waals surface area contributed by atoms with Crippen molar-refractivity contribution < 1.29 is 13.9 Å². The average molecular weight is 327 g/mol. The molecular weight excluding hydrogens is 309 g/mol. The van der Waals surface area contributed by atoms with Crippen molar-refractivity contribution in [3.63, 3.8) is 0 Å². The summed E-state index contributed by atoms with van der Waals surface area (Å²) in [5.41, 5.74) is 2.38. The van der Waals surface area contributed by atoms with Crippen LogP contribution in [0, 0.1) is 5.82 Å². The average Bonchev–Trinajstić information content (AvgIpc) is 2.80. The normalized spacial score (nSPS) is 16.0. The highest BCUT2D eigenvalue weighted by molar-refractivity contribution is 5.95. The van der Waals surface area contributed by atoms with Gasteiger partial charge in [-0.3, -0.25) is 4.99 Å². The van der Waals surface area contributed by atoms with Crippen molar-refractivity contribution in [2.75, 3.05) is 38.2 Å². The Hall–Kier alpha value is -2.60. The molecule has 1 fully saturated rings. The first-order valence-electron chi connectivity index (χ1n) is 7.94. The lowest BCUT2D eigenvalue weighted by Crippen LogP contribution is -2.43. The van der Waals surface area contributed by atoms with Gasteiger partial charge in [0.2, 0.25) is 0 Å². The fourth-order valence-electron chi connectivity index (χ4n) is 3.02. The van der Waals surface area contributed by atoms with E-state index in [1.807, 2.05) is 12.1 Å². The summed E-state index contributed by atoms with van der Waals surface area (Å²) in [5.74, 6) is 1.59. The molecule has 2 aromatic rings. The summed E-state index contributed by atoms with van der Waals surface area (Å²) < 4.78 is 24.9. The lowest BCUT2D eigenvalue weighted by molar-refractivity contribution is 0.409. The minimum absolute atomic E-state index is 0.333. The largest absolute Gasteiger partial charge is 0.497 e. The van der Waals surface area contributed by atoms with Gasteiger partial charge in [0.1, 0.15) is 23.0 Å². The summed E-state index contributed by atoms with van der Waals surface area (Å²) >= 11 is 0. The van der Waals surface area contributed by atoms with Crippen LogP contribution in [-0.4, -0.2) is 39.5 Å². The number of hydrogen-bond acceptors (Lipinski definition) is 5. The molecular formula is C18H18FN3O2. The van der Waals surface area contributed by atoms with Gasteiger partial charge >= 0.3 is 0 Å². The molecule has 124 valence electrons. The zero-order valence-electron chi connectivity index (χ0n) is 13.4. The van der Waals surface area contributed by atoms with E-state index in [-0.39, 0.29) is 5.82 Å². The van der Waals surface area contributed by atoms with Crippen LogP contribution in [0.15, 0.2) is 35.3 Å². The number of rotatable bonds is 2. The molecule has 0 spiro atoms. The van der Waals surface area contributed by atoms with Crippen LogP contribution < -0.4 is 19.7 Å². The molecule has 2 aromatic carbocycles. The second-order valence-electron chi connectivity index (χ2n) is 5.77. The van der Waals surface area contributed by atoms with Crippen LogP contribution in [0.3, 0.4) is 0 Å². The van der Waals surface area contributed by atoms with Crippen LogP contribution in [-0.2, 0) is 0 Å². The molecule has 24 heavy (non-hydrogen) atoms. The van der Waals surface area contributed by atoms with Crippen molar-refractivity contribution in [2.24, 2.45) is 4.99 Å². The Balaban J connectivity index is 1.83. The number of fused-ring (bicyclic) bond motifs is 2. The van der Waals surface area contributed by atoms with Crippen LogP contribution in [0.4, 0.5) is 15.8 Å². The number of aliphatic imine (C=N–C) groups is 1. The molecule has 0 bridgehead atoms. The van der Waals surface area contributed by atoms with Gasteiger partial charge in [-0.25, -0.2) is 4.39 Å². The summed E-state index contributed by atoms with van der Waals surface area (Å²) in [6.07, 6.45) is 1.75. The maximum Gasteiger partial charge on any atom is 0.153 e. The Morgan fingerprint density at radius 1 is 1.17 bits per heavy atom. The Morgan fingerprint density at radius 3 is 2.79 bits per heavy atom. The van der Waals surface area contributed by atoms with Crippen molar-refractivity contribution >= 4 is 17.6 Å². The van der Waals surface area contributed by atoms with E-state index in [1.165, 1.54) is 12.1 Å². The van der Waals surface area contributed by atoms with E-state index in [2.05, 4.69) is 15.2 Å².